The van der Waals surface area contributed by atoms with E-state index in [9.17, 15) is 0 Å². The molecule has 1 saturated heterocycles. The summed E-state index contributed by atoms with van der Waals surface area (Å²) in [6.07, 6.45) is 3.49. The molecule has 2 aromatic carbocycles. The second-order valence-electron chi connectivity index (χ2n) is 7.83. The maximum atomic E-state index is 5.95. The molecule has 1 aliphatic heterocycles. The largest absolute Gasteiger partial charge is 0.376 e. The van der Waals surface area contributed by atoms with Gasteiger partial charge in [-0.3, -0.25) is 0 Å². The zero-order valence-corrected chi connectivity index (χ0v) is 16.8. The van der Waals surface area contributed by atoms with Gasteiger partial charge in [-0.2, -0.15) is 0 Å². The van der Waals surface area contributed by atoms with Crippen molar-refractivity contribution in [2.24, 2.45) is 5.92 Å². The van der Waals surface area contributed by atoms with Crippen LogP contribution in [0.1, 0.15) is 50.2 Å². The van der Waals surface area contributed by atoms with Crippen LogP contribution in [0.4, 0.5) is 0 Å². The summed E-state index contributed by atoms with van der Waals surface area (Å²) in [7, 11) is 0. The average Bonchev–Trinajstić information content (AvgIpc) is 2.62. The zero-order valence-electron chi connectivity index (χ0n) is 16.0. The number of rotatable bonds is 7. The molecule has 2 aromatic rings. The molecule has 0 spiro atoms. The highest BCUT2D eigenvalue weighted by Gasteiger charge is 2.33. The molecule has 0 aliphatic carbocycles. The third kappa shape index (κ3) is 6.12. The first kappa shape index (κ1) is 21.0. The Bertz CT molecular complexity index is 629. The maximum Gasteiger partial charge on any atom is 0.0629 e. The number of nitrogens with one attached hydrogen (secondary N) is 1. The molecule has 1 N–H and O–H groups in total. The molecule has 1 aliphatic rings. The van der Waals surface area contributed by atoms with Crippen molar-refractivity contribution in [2.75, 3.05) is 13.2 Å². The standard InChI is InChI=1S/C23H31NO.ClH/c1-23(2)17-21(14-16-25-23)22(20-11-7-4-8-12-20)13-15-24-18-19-9-5-3-6-10-19;/h3-12,21-22,24H,13-18H2,1-2H3;1H. The maximum absolute atomic E-state index is 5.95. The molecule has 0 aromatic heterocycles. The van der Waals surface area contributed by atoms with E-state index < -0.39 is 0 Å². The molecule has 1 fully saturated rings. The molecule has 2 unspecified atom stereocenters. The Morgan fingerprint density at radius 3 is 2.35 bits per heavy atom. The lowest BCUT2D eigenvalue weighted by Gasteiger charge is -2.39. The molecular formula is C23H32ClNO. The van der Waals surface area contributed by atoms with Crippen molar-refractivity contribution in [3.05, 3.63) is 71.8 Å². The van der Waals surface area contributed by atoms with E-state index in [0.717, 1.165) is 26.1 Å². The molecule has 142 valence electrons. The molecule has 0 bridgehead atoms. The fraction of sp³-hybridized carbons (Fsp3) is 0.478. The van der Waals surface area contributed by atoms with Crippen LogP contribution in [0.15, 0.2) is 60.7 Å². The van der Waals surface area contributed by atoms with Gasteiger partial charge in [-0.1, -0.05) is 60.7 Å². The summed E-state index contributed by atoms with van der Waals surface area (Å²) in [5.41, 5.74) is 2.84. The Labute approximate surface area is 164 Å². The van der Waals surface area contributed by atoms with Crippen molar-refractivity contribution in [1.29, 1.82) is 0 Å². The third-order valence-electron chi connectivity index (χ3n) is 5.34. The van der Waals surface area contributed by atoms with Crippen molar-refractivity contribution in [3.63, 3.8) is 0 Å². The van der Waals surface area contributed by atoms with Gasteiger partial charge in [0.15, 0.2) is 0 Å². The predicted octanol–water partition coefficient (Wildman–Crippen LogP) is 5.58. The monoisotopic (exact) mass is 373 g/mol. The summed E-state index contributed by atoms with van der Waals surface area (Å²) in [5.74, 6) is 1.30. The molecule has 0 amide bonds. The topological polar surface area (TPSA) is 21.3 Å². The highest BCUT2D eigenvalue weighted by Crippen LogP contribution is 2.39. The predicted molar refractivity (Wildman–Crippen MR) is 112 cm³/mol. The van der Waals surface area contributed by atoms with Gasteiger partial charge >= 0.3 is 0 Å². The minimum Gasteiger partial charge on any atom is -0.376 e. The minimum atomic E-state index is 0. The summed E-state index contributed by atoms with van der Waals surface area (Å²) in [4.78, 5) is 0. The average molecular weight is 374 g/mol. The van der Waals surface area contributed by atoms with Crippen LogP contribution in [0, 0.1) is 5.92 Å². The van der Waals surface area contributed by atoms with E-state index in [1.54, 1.807) is 0 Å². The van der Waals surface area contributed by atoms with Crippen molar-refractivity contribution in [1.82, 2.24) is 5.32 Å². The number of halogens is 1. The normalized spacial score (nSPS) is 20.2. The third-order valence-corrected chi connectivity index (χ3v) is 5.34. The van der Waals surface area contributed by atoms with E-state index in [0.29, 0.717) is 11.8 Å². The van der Waals surface area contributed by atoms with Crippen molar-refractivity contribution in [2.45, 2.75) is 51.2 Å². The van der Waals surface area contributed by atoms with E-state index in [1.165, 1.54) is 24.0 Å². The summed E-state index contributed by atoms with van der Waals surface area (Å²) in [6.45, 7) is 7.34. The second kappa shape index (κ2) is 10.1. The van der Waals surface area contributed by atoms with Crippen LogP contribution in [0.2, 0.25) is 0 Å². The van der Waals surface area contributed by atoms with Crippen LogP contribution in [0.25, 0.3) is 0 Å². The first-order valence-corrected chi connectivity index (χ1v) is 9.58. The van der Waals surface area contributed by atoms with Gasteiger partial charge in [0.05, 0.1) is 5.60 Å². The smallest absolute Gasteiger partial charge is 0.0629 e. The van der Waals surface area contributed by atoms with Gasteiger partial charge < -0.3 is 10.1 Å². The van der Waals surface area contributed by atoms with Crippen LogP contribution < -0.4 is 5.32 Å². The van der Waals surface area contributed by atoms with E-state index in [2.05, 4.69) is 79.8 Å². The van der Waals surface area contributed by atoms with Gasteiger partial charge in [0.25, 0.3) is 0 Å². The van der Waals surface area contributed by atoms with Crippen LogP contribution in [0.5, 0.6) is 0 Å². The molecule has 26 heavy (non-hydrogen) atoms. The lowest BCUT2D eigenvalue weighted by atomic mass is 9.75. The van der Waals surface area contributed by atoms with Crippen molar-refractivity contribution in [3.8, 4) is 0 Å². The van der Waals surface area contributed by atoms with Gasteiger partial charge in [-0.05, 0) is 62.6 Å². The van der Waals surface area contributed by atoms with Crippen LogP contribution in [0.3, 0.4) is 0 Å². The second-order valence-corrected chi connectivity index (χ2v) is 7.83. The quantitative estimate of drug-likeness (QED) is 0.640. The molecule has 0 saturated carbocycles. The Hall–Kier alpha value is -1.35. The van der Waals surface area contributed by atoms with Gasteiger partial charge in [0.1, 0.15) is 0 Å². The fourth-order valence-electron chi connectivity index (χ4n) is 4.08. The first-order valence-electron chi connectivity index (χ1n) is 9.58. The molecule has 2 nitrogen and oxygen atoms in total. The summed E-state index contributed by atoms with van der Waals surface area (Å²) in [6, 6.07) is 21.7. The van der Waals surface area contributed by atoms with Gasteiger partial charge in [-0.25, -0.2) is 0 Å². The lowest BCUT2D eigenvalue weighted by Crippen LogP contribution is -2.36. The number of benzene rings is 2. The van der Waals surface area contributed by atoms with Crippen molar-refractivity contribution < 1.29 is 4.74 Å². The summed E-state index contributed by atoms with van der Waals surface area (Å²) in [5, 5.41) is 3.63. The van der Waals surface area contributed by atoms with E-state index >= 15 is 0 Å². The first-order chi connectivity index (χ1) is 12.1. The molecule has 1 heterocycles. The van der Waals surface area contributed by atoms with Crippen LogP contribution in [-0.2, 0) is 11.3 Å². The van der Waals surface area contributed by atoms with Crippen LogP contribution in [-0.4, -0.2) is 18.8 Å². The molecular weight excluding hydrogens is 342 g/mol. The Balaban J connectivity index is 0.00000243. The Morgan fingerprint density at radius 2 is 1.69 bits per heavy atom. The Kier molecular flexibility index (Phi) is 8.15. The highest BCUT2D eigenvalue weighted by molar-refractivity contribution is 5.85. The summed E-state index contributed by atoms with van der Waals surface area (Å²) >= 11 is 0. The SMILES string of the molecule is CC1(C)CC(C(CCNCc2ccccc2)c2ccccc2)CCO1.Cl. The molecule has 3 rings (SSSR count). The van der Waals surface area contributed by atoms with Crippen LogP contribution >= 0.6 is 12.4 Å². The van der Waals surface area contributed by atoms with Gasteiger partial charge in [-0.15, -0.1) is 12.4 Å². The summed E-state index contributed by atoms with van der Waals surface area (Å²) < 4.78 is 5.95. The van der Waals surface area contributed by atoms with Gasteiger partial charge in [0, 0.05) is 13.2 Å². The lowest BCUT2D eigenvalue weighted by molar-refractivity contribution is -0.0771. The number of ether oxygens (including phenoxy) is 1. The molecule has 0 radical (unpaired) electrons. The minimum absolute atomic E-state index is 0. The Morgan fingerprint density at radius 1 is 1.04 bits per heavy atom. The van der Waals surface area contributed by atoms with E-state index in [1.807, 2.05) is 0 Å². The van der Waals surface area contributed by atoms with E-state index in [-0.39, 0.29) is 18.0 Å². The molecule has 3 heteroatoms. The van der Waals surface area contributed by atoms with Gasteiger partial charge in [0.2, 0.25) is 0 Å². The molecule has 2 atom stereocenters. The van der Waals surface area contributed by atoms with E-state index in [4.69, 9.17) is 4.74 Å². The number of hydrogen-bond acceptors (Lipinski definition) is 2. The highest BCUT2D eigenvalue weighted by atomic mass is 35.5. The zero-order chi connectivity index (χ0) is 17.5. The fourth-order valence-corrected chi connectivity index (χ4v) is 4.08. The number of hydrogen-bond donors (Lipinski definition) is 1. The van der Waals surface area contributed by atoms with Crippen molar-refractivity contribution >= 4 is 12.4 Å².